The maximum absolute atomic E-state index is 2.56. The molecule has 12 rings (SSSR count). The van der Waals surface area contributed by atoms with E-state index in [0.717, 1.165) is 0 Å². The molecule has 0 radical (unpaired) electrons. The fraction of sp³-hybridized carbons (Fsp3) is 0.0943. The van der Waals surface area contributed by atoms with Crippen LogP contribution in [0.25, 0.3) is 86.3 Å². The molecular weight excluding hydrogens is 729 g/mol. The predicted octanol–water partition coefficient (Wildman–Crippen LogP) is 15.3. The number of benzene rings is 8. The second kappa shape index (κ2) is 12.0. The van der Waals surface area contributed by atoms with Gasteiger partial charge in [0.2, 0.25) is 0 Å². The number of aromatic nitrogens is 2. The Hall–Kier alpha value is -6.07. The minimum atomic E-state index is -0.213. The van der Waals surface area contributed by atoms with Gasteiger partial charge in [0.15, 0.2) is 0 Å². The number of hydrogen-bond acceptors (Lipinski definition) is 2. The number of para-hydroxylation sites is 2. The number of fused-ring (bicyclic) bond motifs is 13. The number of aryl methyl sites for hydroxylation is 2. The van der Waals surface area contributed by atoms with Crippen molar-refractivity contribution in [3.05, 3.63) is 180 Å². The lowest BCUT2D eigenvalue weighted by Gasteiger charge is -2.24. The molecule has 1 aliphatic carbocycles. The number of thiophene rings is 1. The van der Waals surface area contributed by atoms with Gasteiger partial charge in [0.25, 0.3) is 0 Å². The standard InChI is InChI=1S/C53H38N2S2/c1-31-13-5-11-19-47(31)56-50-30-43-40(27-32(50)2)38-23-24-39-35-14-6-10-18-45(35)55(52(39)51(38)53(43,3)4)34-21-25-46-41(28-34)36-15-7-9-17-44(36)54(46)33-22-26-49-42(29-33)37-16-8-12-20-48(37)57-49/h5-30H,1-4H3. The SMILES string of the molecule is Cc1ccccc1Sc1cc2c(cc1C)-c1ccc3c4ccccc4n(-c4ccc5c(c4)c4ccccc4n5-c4ccc5sc6ccccc6c5c4)c3c1C2(C)C. The number of rotatable bonds is 4. The maximum atomic E-state index is 2.56. The van der Waals surface area contributed by atoms with Crippen LogP contribution in [0.3, 0.4) is 0 Å². The topological polar surface area (TPSA) is 9.86 Å². The zero-order valence-corrected chi connectivity index (χ0v) is 33.9. The molecule has 272 valence electrons. The lowest BCUT2D eigenvalue weighted by molar-refractivity contribution is 0.662. The summed E-state index contributed by atoms with van der Waals surface area (Å²) in [5.74, 6) is 0. The lowest BCUT2D eigenvalue weighted by Crippen LogP contribution is -2.17. The summed E-state index contributed by atoms with van der Waals surface area (Å²) in [5, 5.41) is 7.74. The van der Waals surface area contributed by atoms with E-state index in [4.69, 9.17) is 0 Å². The summed E-state index contributed by atoms with van der Waals surface area (Å²) in [6.45, 7) is 9.34. The van der Waals surface area contributed by atoms with E-state index in [9.17, 15) is 0 Å². The second-order valence-corrected chi connectivity index (χ2v) is 18.4. The van der Waals surface area contributed by atoms with Gasteiger partial charge in [-0.05, 0) is 120 Å². The molecule has 3 aromatic heterocycles. The molecule has 0 saturated carbocycles. The Bertz CT molecular complexity index is 3500. The molecule has 3 heterocycles. The zero-order valence-electron chi connectivity index (χ0n) is 32.2. The predicted molar refractivity (Wildman–Crippen MR) is 246 cm³/mol. The third-order valence-electron chi connectivity index (χ3n) is 12.6. The summed E-state index contributed by atoms with van der Waals surface area (Å²) in [6.07, 6.45) is 0. The minimum absolute atomic E-state index is 0.213. The molecule has 0 atom stereocenters. The summed E-state index contributed by atoms with van der Waals surface area (Å²) in [7, 11) is 0. The van der Waals surface area contributed by atoms with Crippen LogP contribution in [0.4, 0.5) is 0 Å². The fourth-order valence-corrected chi connectivity index (χ4v) is 12.0. The highest BCUT2D eigenvalue weighted by Gasteiger charge is 2.39. The summed E-state index contributed by atoms with van der Waals surface area (Å²) in [6, 6.07) is 59.2. The van der Waals surface area contributed by atoms with E-state index < -0.39 is 0 Å². The van der Waals surface area contributed by atoms with Crippen molar-refractivity contribution in [3.8, 4) is 22.5 Å². The lowest BCUT2D eigenvalue weighted by atomic mass is 9.81. The van der Waals surface area contributed by atoms with Crippen LogP contribution in [-0.4, -0.2) is 9.13 Å². The average Bonchev–Trinajstić information content (AvgIpc) is 3.93. The van der Waals surface area contributed by atoms with E-state index in [-0.39, 0.29) is 5.41 Å². The molecule has 0 amide bonds. The molecule has 0 bridgehead atoms. The highest BCUT2D eigenvalue weighted by atomic mass is 32.2. The van der Waals surface area contributed by atoms with Crippen molar-refractivity contribution in [1.29, 1.82) is 0 Å². The van der Waals surface area contributed by atoms with E-state index in [0.29, 0.717) is 0 Å². The second-order valence-electron chi connectivity index (χ2n) is 16.2. The molecule has 8 aromatic carbocycles. The first-order valence-electron chi connectivity index (χ1n) is 19.8. The van der Waals surface area contributed by atoms with Crippen molar-refractivity contribution in [2.24, 2.45) is 0 Å². The van der Waals surface area contributed by atoms with Crippen molar-refractivity contribution < 1.29 is 0 Å². The maximum Gasteiger partial charge on any atom is 0.0588 e. The van der Waals surface area contributed by atoms with Gasteiger partial charge in [0.1, 0.15) is 0 Å². The smallest absolute Gasteiger partial charge is 0.0588 e. The summed E-state index contributed by atoms with van der Waals surface area (Å²) in [4.78, 5) is 2.64. The van der Waals surface area contributed by atoms with Gasteiger partial charge in [0.05, 0.1) is 22.1 Å². The van der Waals surface area contributed by atoms with Gasteiger partial charge in [-0.1, -0.05) is 111 Å². The molecule has 0 aliphatic heterocycles. The molecule has 0 N–H and O–H groups in total. The molecule has 2 nitrogen and oxygen atoms in total. The van der Waals surface area contributed by atoms with Gasteiger partial charge in [-0.2, -0.15) is 0 Å². The quantitative estimate of drug-likeness (QED) is 0.173. The van der Waals surface area contributed by atoms with E-state index in [2.05, 4.69) is 195 Å². The van der Waals surface area contributed by atoms with Gasteiger partial charge in [-0.25, -0.2) is 0 Å². The first-order chi connectivity index (χ1) is 27.8. The molecule has 4 heteroatoms. The molecule has 1 aliphatic rings. The van der Waals surface area contributed by atoms with E-state index >= 15 is 0 Å². The first-order valence-corrected chi connectivity index (χ1v) is 21.4. The van der Waals surface area contributed by atoms with Crippen LogP contribution >= 0.6 is 23.1 Å². The van der Waals surface area contributed by atoms with Crippen LogP contribution in [0, 0.1) is 13.8 Å². The third-order valence-corrected chi connectivity index (χ3v) is 15.1. The molecule has 0 unspecified atom stereocenters. The summed E-state index contributed by atoms with van der Waals surface area (Å²) in [5.41, 5.74) is 15.3. The number of nitrogens with zero attached hydrogens (tertiary/aromatic N) is 2. The van der Waals surface area contributed by atoms with Crippen molar-refractivity contribution in [2.45, 2.75) is 42.9 Å². The van der Waals surface area contributed by atoms with Crippen LogP contribution in [0.15, 0.2) is 168 Å². The fourth-order valence-electron chi connectivity index (χ4n) is 9.88. The molecule has 11 aromatic rings. The summed E-state index contributed by atoms with van der Waals surface area (Å²) < 4.78 is 7.67. The average molecular weight is 767 g/mol. The van der Waals surface area contributed by atoms with Gasteiger partial charge < -0.3 is 9.13 Å². The highest BCUT2D eigenvalue weighted by Crippen LogP contribution is 2.55. The van der Waals surface area contributed by atoms with Crippen LogP contribution in [0.2, 0.25) is 0 Å². The molecule has 57 heavy (non-hydrogen) atoms. The van der Waals surface area contributed by atoms with Gasteiger partial charge in [-0.15, -0.1) is 11.3 Å². The van der Waals surface area contributed by atoms with Crippen molar-refractivity contribution >= 4 is 86.9 Å². The Kier molecular flexibility index (Phi) is 6.95. The normalized spacial score (nSPS) is 13.5. The first kappa shape index (κ1) is 33.1. The Labute approximate surface area is 339 Å². The van der Waals surface area contributed by atoms with Gasteiger partial charge in [-0.3, -0.25) is 0 Å². The molecular formula is C53H38N2S2. The Balaban J connectivity index is 1.08. The van der Waals surface area contributed by atoms with Crippen LogP contribution in [0.5, 0.6) is 0 Å². The van der Waals surface area contributed by atoms with E-state index in [1.165, 1.54) is 118 Å². The monoisotopic (exact) mass is 766 g/mol. The molecule has 0 fully saturated rings. The third kappa shape index (κ3) is 4.66. The van der Waals surface area contributed by atoms with Gasteiger partial charge >= 0.3 is 0 Å². The van der Waals surface area contributed by atoms with Crippen LogP contribution in [-0.2, 0) is 5.41 Å². The van der Waals surface area contributed by atoms with Crippen LogP contribution < -0.4 is 0 Å². The molecule has 0 spiro atoms. The molecule has 0 saturated heterocycles. The Morgan fingerprint density at radius 2 is 1.09 bits per heavy atom. The van der Waals surface area contributed by atoms with Crippen molar-refractivity contribution in [2.75, 3.05) is 0 Å². The minimum Gasteiger partial charge on any atom is -0.309 e. The Morgan fingerprint density at radius 3 is 1.91 bits per heavy atom. The zero-order chi connectivity index (χ0) is 38.2. The Morgan fingerprint density at radius 1 is 0.456 bits per heavy atom. The highest BCUT2D eigenvalue weighted by molar-refractivity contribution is 7.99. The van der Waals surface area contributed by atoms with E-state index in [1.54, 1.807) is 0 Å². The van der Waals surface area contributed by atoms with Crippen molar-refractivity contribution in [1.82, 2.24) is 9.13 Å². The number of hydrogen-bond donors (Lipinski definition) is 0. The van der Waals surface area contributed by atoms with Gasteiger partial charge in [0, 0.05) is 68.3 Å². The largest absolute Gasteiger partial charge is 0.309 e. The van der Waals surface area contributed by atoms with Crippen LogP contribution in [0.1, 0.15) is 36.1 Å². The summed E-state index contributed by atoms with van der Waals surface area (Å²) >= 11 is 3.76. The van der Waals surface area contributed by atoms with Crippen molar-refractivity contribution in [3.63, 3.8) is 0 Å². The van der Waals surface area contributed by atoms with E-state index in [1.807, 2.05) is 23.1 Å².